The van der Waals surface area contributed by atoms with Crippen molar-refractivity contribution in [3.8, 4) is 0 Å². The Balaban J connectivity index is 1.64. The first-order chi connectivity index (χ1) is 13.3. The topological polar surface area (TPSA) is 58.8 Å². The number of rotatable bonds is 8. The minimum absolute atomic E-state index is 0.0735. The SMILES string of the molecule is NCc1ccc(C(=O)N(CCCN2CCOCC2)Cc2ccccc2)cc1. The van der Waals surface area contributed by atoms with Gasteiger partial charge in [0.2, 0.25) is 0 Å². The van der Waals surface area contributed by atoms with Crippen LogP contribution in [-0.4, -0.2) is 55.1 Å². The van der Waals surface area contributed by atoms with E-state index in [0.717, 1.165) is 62.5 Å². The maximum atomic E-state index is 13.1. The van der Waals surface area contributed by atoms with Crippen LogP contribution in [0.2, 0.25) is 0 Å². The highest BCUT2D eigenvalue weighted by Gasteiger charge is 2.17. The summed E-state index contributed by atoms with van der Waals surface area (Å²) >= 11 is 0. The van der Waals surface area contributed by atoms with Crippen molar-refractivity contribution in [2.75, 3.05) is 39.4 Å². The third-order valence-electron chi connectivity index (χ3n) is 4.95. The van der Waals surface area contributed by atoms with Gasteiger partial charge in [0.15, 0.2) is 0 Å². The number of hydrogen-bond donors (Lipinski definition) is 1. The molecule has 0 aliphatic carbocycles. The average molecular weight is 367 g/mol. The number of carbonyl (C=O) groups excluding carboxylic acids is 1. The Morgan fingerprint density at radius 2 is 1.70 bits per heavy atom. The minimum atomic E-state index is 0.0735. The summed E-state index contributed by atoms with van der Waals surface area (Å²) in [6.45, 7) is 6.42. The lowest BCUT2D eigenvalue weighted by Gasteiger charge is -2.28. The second kappa shape index (κ2) is 10.2. The molecule has 0 spiro atoms. The molecular formula is C22H29N3O2. The standard InChI is InChI=1S/C22H29N3O2/c23-17-19-7-9-21(10-8-19)22(26)25(18-20-5-2-1-3-6-20)12-4-11-24-13-15-27-16-14-24/h1-3,5-10H,4,11-18,23H2. The summed E-state index contributed by atoms with van der Waals surface area (Å²) in [5, 5.41) is 0. The van der Waals surface area contributed by atoms with Crippen LogP contribution in [0, 0.1) is 0 Å². The van der Waals surface area contributed by atoms with Crippen LogP contribution in [0.15, 0.2) is 54.6 Å². The van der Waals surface area contributed by atoms with Crippen molar-refractivity contribution in [3.05, 3.63) is 71.3 Å². The van der Waals surface area contributed by atoms with E-state index in [0.29, 0.717) is 13.1 Å². The smallest absolute Gasteiger partial charge is 0.254 e. The number of hydrogen-bond acceptors (Lipinski definition) is 4. The average Bonchev–Trinajstić information content (AvgIpc) is 2.74. The number of nitrogens with zero attached hydrogens (tertiary/aromatic N) is 2. The van der Waals surface area contributed by atoms with Gasteiger partial charge < -0.3 is 15.4 Å². The molecule has 27 heavy (non-hydrogen) atoms. The van der Waals surface area contributed by atoms with Gasteiger partial charge in [-0.05, 0) is 29.7 Å². The minimum Gasteiger partial charge on any atom is -0.379 e. The molecule has 1 aliphatic heterocycles. The van der Waals surface area contributed by atoms with E-state index in [1.807, 2.05) is 47.4 Å². The second-order valence-corrected chi connectivity index (χ2v) is 6.92. The summed E-state index contributed by atoms with van der Waals surface area (Å²) in [4.78, 5) is 17.5. The van der Waals surface area contributed by atoms with Crippen molar-refractivity contribution < 1.29 is 9.53 Å². The maximum Gasteiger partial charge on any atom is 0.254 e. The molecule has 5 heteroatoms. The Labute approximate surface area is 161 Å². The molecule has 1 amide bonds. The highest BCUT2D eigenvalue weighted by molar-refractivity contribution is 5.94. The molecule has 1 saturated heterocycles. The molecule has 3 rings (SSSR count). The van der Waals surface area contributed by atoms with E-state index >= 15 is 0 Å². The van der Waals surface area contributed by atoms with Gasteiger partial charge in [0.1, 0.15) is 0 Å². The van der Waals surface area contributed by atoms with Gasteiger partial charge >= 0.3 is 0 Å². The molecule has 0 aromatic heterocycles. The fourth-order valence-corrected chi connectivity index (χ4v) is 3.33. The molecule has 0 saturated carbocycles. The van der Waals surface area contributed by atoms with Gasteiger partial charge in [0, 0.05) is 44.8 Å². The maximum absolute atomic E-state index is 13.1. The van der Waals surface area contributed by atoms with Crippen LogP contribution in [0.25, 0.3) is 0 Å². The highest BCUT2D eigenvalue weighted by atomic mass is 16.5. The van der Waals surface area contributed by atoms with Crippen LogP contribution in [0.5, 0.6) is 0 Å². The molecule has 5 nitrogen and oxygen atoms in total. The molecule has 0 radical (unpaired) electrons. The van der Waals surface area contributed by atoms with Gasteiger partial charge in [-0.15, -0.1) is 0 Å². The predicted molar refractivity (Wildman–Crippen MR) is 107 cm³/mol. The summed E-state index contributed by atoms with van der Waals surface area (Å²) in [6, 6.07) is 17.8. The number of ether oxygens (including phenoxy) is 1. The van der Waals surface area contributed by atoms with Crippen LogP contribution >= 0.6 is 0 Å². The van der Waals surface area contributed by atoms with E-state index in [1.165, 1.54) is 0 Å². The van der Waals surface area contributed by atoms with Crippen LogP contribution in [0.3, 0.4) is 0 Å². The van der Waals surface area contributed by atoms with Gasteiger partial charge in [-0.2, -0.15) is 0 Å². The Kier molecular flexibility index (Phi) is 7.39. The quantitative estimate of drug-likeness (QED) is 0.779. The lowest BCUT2D eigenvalue weighted by atomic mass is 10.1. The van der Waals surface area contributed by atoms with Crippen LogP contribution < -0.4 is 5.73 Å². The van der Waals surface area contributed by atoms with E-state index in [9.17, 15) is 4.79 Å². The normalized spacial score (nSPS) is 14.9. The van der Waals surface area contributed by atoms with Crippen molar-refractivity contribution in [2.45, 2.75) is 19.5 Å². The largest absolute Gasteiger partial charge is 0.379 e. The van der Waals surface area contributed by atoms with Crippen molar-refractivity contribution in [2.24, 2.45) is 5.73 Å². The predicted octanol–water partition coefficient (Wildman–Crippen LogP) is 2.51. The fraction of sp³-hybridized carbons (Fsp3) is 0.409. The molecular weight excluding hydrogens is 338 g/mol. The molecule has 2 aromatic carbocycles. The summed E-state index contributed by atoms with van der Waals surface area (Å²) in [5.74, 6) is 0.0735. The number of morpholine rings is 1. The Morgan fingerprint density at radius 3 is 2.37 bits per heavy atom. The van der Waals surface area contributed by atoms with E-state index in [2.05, 4.69) is 17.0 Å². The molecule has 0 atom stereocenters. The summed E-state index contributed by atoms with van der Waals surface area (Å²) in [5.41, 5.74) is 8.57. The van der Waals surface area contributed by atoms with Gasteiger partial charge in [-0.1, -0.05) is 42.5 Å². The van der Waals surface area contributed by atoms with Crippen molar-refractivity contribution >= 4 is 5.91 Å². The summed E-state index contributed by atoms with van der Waals surface area (Å²) in [6.07, 6.45) is 0.958. The molecule has 1 aliphatic rings. The Morgan fingerprint density at radius 1 is 1.00 bits per heavy atom. The first-order valence-corrected chi connectivity index (χ1v) is 9.68. The van der Waals surface area contributed by atoms with Crippen LogP contribution in [0.1, 0.15) is 27.9 Å². The first kappa shape index (κ1) is 19.5. The van der Waals surface area contributed by atoms with Gasteiger partial charge in [0.25, 0.3) is 5.91 Å². The van der Waals surface area contributed by atoms with Gasteiger partial charge in [0.05, 0.1) is 13.2 Å². The monoisotopic (exact) mass is 367 g/mol. The van der Waals surface area contributed by atoms with Crippen molar-refractivity contribution in [3.63, 3.8) is 0 Å². The number of nitrogens with two attached hydrogens (primary N) is 1. The molecule has 0 bridgehead atoms. The van der Waals surface area contributed by atoms with Gasteiger partial charge in [-0.25, -0.2) is 0 Å². The molecule has 2 aromatic rings. The summed E-state index contributed by atoms with van der Waals surface area (Å²) < 4.78 is 5.41. The van der Waals surface area contributed by atoms with Crippen LogP contribution in [0.4, 0.5) is 0 Å². The van der Waals surface area contributed by atoms with Crippen molar-refractivity contribution in [1.29, 1.82) is 0 Å². The fourth-order valence-electron chi connectivity index (χ4n) is 3.33. The van der Waals surface area contributed by atoms with E-state index < -0.39 is 0 Å². The highest BCUT2D eigenvalue weighted by Crippen LogP contribution is 2.12. The molecule has 1 fully saturated rings. The Hall–Kier alpha value is -2.21. The van der Waals surface area contributed by atoms with Gasteiger partial charge in [-0.3, -0.25) is 9.69 Å². The third-order valence-corrected chi connectivity index (χ3v) is 4.95. The third kappa shape index (κ3) is 5.89. The zero-order valence-electron chi connectivity index (χ0n) is 15.8. The zero-order valence-corrected chi connectivity index (χ0v) is 15.8. The molecule has 0 unspecified atom stereocenters. The number of benzene rings is 2. The van der Waals surface area contributed by atoms with E-state index in [-0.39, 0.29) is 5.91 Å². The Bertz CT molecular complexity index is 697. The number of amides is 1. The lowest BCUT2D eigenvalue weighted by molar-refractivity contribution is 0.0355. The van der Waals surface area contributed by atoms with E-state index in [1.54, 1.807) is 0 Å². The molecule has 2 N–H and O–H groups in total. The van der Waals surface area contributed by atoms with E-state index in [4.69, 9.17) is 10.5 Å². The van der Waals surface area contributed by atoms with Crippen molar-refractivity contribution in [1.82, 2.24) is 9.80 Å². The lowest BCUT2D eigenvalue weighted by Crippen LogP contribution is -2.39. The summed E-state index contributed by atoms with van der Waals surface area (Å²) in [7, 11) is 0. The zero-order chi connectivity index (χ0) is 18.9. The first-order valence-electron chi connectivity index (χ1n) is 9.68. The number of carbonyl (C=O) groups is 1. The second-order valence-electron chi connectivity index (χ2n) is 6.92. The van der Waals surface area contributed by atoms with Crippen LogP contribution in [-0.2, 0) is 17.8 Å². The molecule has 144 valence electrons. The molecule has 1 heterocycles.